The van der Waals surface area contributed by atoms with Crippen molar-refractivity contribution in [3.05, 3.63) is 64.1 Å². The molecule has 0 saturated carbocycles. The summed E-state index contributed by atoms with van der Waals surface area (Å²) in [4.78, 5) is 40.2. The van der Waals surface area contributed by atoms with Gasteiger partial charge in [0.1, 0.15) is 5.56 Å². The summed E-state index contributed by atoms with van der Waals surface area (Å²) >= 11 is 1.66. The molecule has 1 aliphatic heterocycles. The van der Waals surface area contributed by atoms with Crippen molar-refractivity contribution in [3.63, 3.8) is 0 Å². The van der Waals surface area contributed by atoms with Crippen LogP contribution in [0.5, 0.6) is 0 Å². The number of aromatic nitrogens is 1. The molecular weight excluding hydrogens is 386 g/mol. The molecule has 1 N–H and O–H groups in total. The second-order valence-electron chi connectivity index (χ2n) is 7.21. The molecule has 1 aromatic heterocycles. The first-order chi connectivity index (χ1) is 14.0. The summed E-state index contributed by atoms with van der Waals surface area (Å²) in [6.07, 6.45) is 3.26. The van der Waals surface area contributed by atoms with Crippen molar-refractivity contribution in [1.82, 2.24) is 14.8 Å². The highest BCUT2D eigenvalue weighted by atomic mass is 32.2. The molecule has 0 bridgehead atoms. The normalized spacial score (nSPS) is 14.6. The maximum Gasteiger partial charge on any atom is 0.263 e. The second kappa shape index (κ2) is 9.78. The summed E-state index contributed by atoms with van der Waals surface area (Å²) in [5, 5.41) is 3.05. The van der Waals surface area contributed by atoms with Crippen molar-refractivity contribution in [2.45, 2.75) is 24.7 Å². The SMILES string of the molecule is CCSc1ccccc1C(=O)NCC1CCN(C(=O)c2cccn(C)c2=O)CC1. The number of hydrogen-bond acceptors (Lipinski definition) is 4. The highest BCUT2D eigenvalue weighted by Crippen LogP contribution is 2.23. The van der Waals surface area contributed by atoms with Gasteiger partial charge in [0, 0.05) is 37.8 Å². The van der Waals surface area contributed by atoms with Crippen molar-refractivity contribution in [2.24, 2.45) is 13.0 Å². The predicted molar refractivity (Wildman–Crippen MR) is 115 cm³/mol. The molecular formula is C22H27N3O3S. The maximum absolute atomic E-state index is 12.7. The van der Waals surface area contributed by atoms with E-state index in [1.54, 1.807) is 42.0 Å². The average molecular weight is 414 g/mol. The monoisotopic (exact) mass is 413 g/mol. The largest absolute Gasteiger partial charge is 0.352 e. The Bertz CT molecular complexity index is 933. The molecule has 0 radical (unpaired) electrons. The Morgan fingerprint density at radius 2 is 1.79 bits per heavy atom. The number of rotatable bonds is 6. The summed E-state index contributed by atoms with van der Waals surface area (Å²) in [6.45, 7) is 3.86. The van der Waals surface area contributed by atoms with Crippen LogP contribution in [0.25, 0.3) is 0 Å². The van der Waals surface area contributed by atoms with Crippen LogP contribution in [0.1, 0.15) is 40.5 Å². The quantitative estimate of drug-likeness (QED) is 0.740. The fraction of sp³-hybridized carbons (Fsp3) is 0.409. The zero-order valence-corrected chi connectivity index (χ0v) is 17.7. The first-order valence-corrected chi connectivity index (χ1v) is 10.9. The van der Waals surface area contributed by atoms with Crippen molar-refractivity contribution in [1.29, 1.82) is 0 Å². The molecule has 3 rings (SSSR count). The second-order valence-corrected chi connectivity index (χ2v) is 8.52. The van der Waals surface area contributed by atoms with Crippen LogP contribution < -0.4 is 10.9 Å². The fourth-order valence-electron chi connectivity index (χ4n) is 3.54. The van der Waals surface area contributed by atoms with Crippen molar-refractivity contribution in [3.8, 4) is 0 Å². The number of amides is 2. The molecule has 29 heavy (non-hydrogen) atoms. The van der Waals surface area contributed by atoms with E-state index in [1.165, 1.54) is 4.57 Å². The smallest absolute Gasteiger partial charge is 0.263 e. The summed E-state index contributed by atoms with van der Waals surface area (Å²) in [5.74, 6) is 0.987. The van der Waals surface area contributed by atoms with Crippen LogP contribution in [0.2, 0.25) is 0 Å². The van der Waals surface area contributed by atoms with Crippen molar-refractivity contribution < 1.29 is 9.59 Å². The Balaban J connectivity index is 1.53. The molecule has 2 aromatic rings. The van der Waals surface area contributed by atoms with Gasteiger partial charge in [-0.3, -0.25) is 14.4 Å². The van der Waals surface area contributed by atoms with Gasteiger partial charge in [-0.1, -0.05) is 19.1 Å². The van der Waals surface area contributed by atoms with Gasteiger partial charge in [-0.15, -0.1) is 11.8 Å². The lowest BCUT2D eigenvalue weighted by atomic mass is 9.96. The van der Waals surface area contributed by atoms with E-state index in [0.29, 0.717) is 31.1 Å². The average Bonchev–Trinajstić information content (AvgIpc) is 2.74. The lowest BCUT2D eigenvalue weighted by Gasteiger charge is -2.32. The molecule has 2 heterocycles. The molecule has 1 saturated heterocycles. The van der Waals surface area contributed by atoms with Gasteiger partial charge in [0.05, 0.1) is 5.56 Å². The molecule has 1 aliphatic rings. The lowest BCUT2D eigenvalue weighted by molar-refractivity contribution is 0.0682. The summed E-state index contributed by atoms with van der Waals surface area (Å²) in [5.41, 5.74) is 0.661. The maximum atomic E-state index is 12.7. The number of aryl methyl sites for hydroxylation is 1. The minimum absolute atomic E-state index is 0.0483. The van der Waals surface area contributed by atoms with E-state index in [-0.39, 0.29) is 22.9 Å². The molecule has 1 aromatic carbocycles. The number of benzene rings is 1. The molecule has 1 fully saturated rings. The number of nitrogens with zero attached hydrogens (tertiary/aromatic N) is 2. The molecule has 6 nitrogen and oxygen atoms in total. The predicted octanol–water partition coefficient (Wildman–Crippen LogP) is 2.78. The Kier molecular flexibility index (Phi) is 7.14. The zero-order valence-electron chi connectivity index (χ0n) is 16.9. The molecule has 0 aliphatic carbocycles. The first-order valence-electron chi connectivity index (χ1n) is 9.96. The minimum Gasteiger partial charge on any atom is -0.352 e. The van der Waals surface area contributed by atoms with E-state index >= 15 is 0 Å². The van der Waals surface area contributed by atoms with Gasteiger partial charge in [0.25, 0.3) is 17.4 Å². The van der Waals surface area contributed by atoms with E-state index in [0.717, 1.165) is 23.5 Å². The van der Waals surface area contributed by atoms with Crippen molar-refractivity contribution >= 4 is 23.6 Å². The van der Waals surface area contributed by atoms with Gasteiger partial charge in [-0.25, -0.2) is 0 Å². The number of thioether (sulfide) groups is 1. The standard InChI is InChI=1S/C22H27N3O3S/c1-3-29-19-9-5-4-7-17(19)20(26)23-15-16-10-13-25(14-11-16)22(28)18-8-6-12-24(2)21(18)27/h4-9,12,16H,3,10-11,13-15H2,1-2H3,(H,23,26). The first kappa shape index (κ1) is 21.2. The third-order valence-electron chi connectivity index (χ3n) is 5.24. The molecule has 0 atom stereocenters. The Labute approximate surface area is 175 Å². The van der Waals surface area contributed by atoms with Crippen LogP contribution in [-0.2, 0) is 7.05 Å². The number of piperidine rings is 1. The molecule has 2 amide bonds. The van der Waals surface area contributed by atoms with Gasteiger partial charge in [-0.2, -0.15) is 0 Å². The number of hydrogen-bond donors (Lipinski definition) is 1. The van der Waals surface area contributed by atoms with E-state index in [4.69, 9.17) is 0 Å². The number of carbonyl (C=O) groups excluding carboxylic acids is 2. The summed E-state index contributed by atoms with van der Waals surface area (Å²) < 4.78 is 1.42. The summed E-state index contributed by atoms with van der Waals surface area (Å²) in [7, 11) is 1.64. The Hall–Kier alpha value is -2.54. The van der Waals surface area contributed by atoms with Crippen molar-refractivity contribution in [2.75, 3.05) is 25.4 Å². The number of likely N-dealkylation sites (tertiary alicyclic amines) is 1. The summed E-state index contributed by atoms with van der Waals surface area (Å²) in [6, 6.07) is 11.0. The lowest BCUT2D eigenvalue weighted by Crippen LogP contribution is -2.43. The third-order valence-corrected chi connectivity index (χ3v) is 6.19. The third kappa shape index (κ3) is 5.09. The molecule has 7 heteroatoms. The topological polar surface area (TPSA) is 71.4 Å². The van der Waals surface area contributed by atoms with Crippen LogP contribution in [0.4, 0.5) is 0 Å². The van der Waals surface area contributed by atoms with Crippen LogP contribution >= 0.6 is 11.8 Å². The Morgan fingerprint density at radius 1 is 1.10 bits per heavy atom. The molecule has 0 spiro atoms. The minimum atomic E-state index is -0.268. The van der Waals surface area contributed by atoms with E-state index in [9.17, 15) is 14.4 Å². The number of carbonyl (C=O) groups is 2. The van der Waals surface area contributed by atoms with Gasteiger partial charge >= 0.3 is 0 Å². The molecule has 154 valence electrons. The number of nitrogens with one attached hydrogen (secondary N) is 1. The van der Waals surface area contributed by atoms with Gasteiger partial charge in [0.2, 0.25) is 0 Å². The number of pyridine rings is 1. The van der Waals surface area contributed by atoms with Gasteiger partial charge in [0.15, 0.2) is 0 Å². The fourth-order valence-corrected chi connectivity index (χ4v) is 4.34. The highest BCUT2D eigenvalue weighted by molar-refractivity contribution is 7.99. The van der Waals surface area contributed by atoms with E-state index in [2.05, 4.69) is 12.2 Å². The molecule has 0 unspecified atom stereocenters. The Morgan fingerprint density at radius 3 is 2.52 bits per heavy atom. The van der Waals surface area contributed by atoms with Crippen LogP contribution in [0, 0.1) is 5.92 Å². The highest BCUT2D eigenvalue weighted by Gasteiger charge is 2.25. The van der Waals surface area contributed by atoms with Crippen LogP contribution in [0.15, 0.2) is 52.3 Å². The zero-order chi connectivity index (χ0) is 20.8. The van der Waals surface area contributed by atoms with Crippen LogP contribution in [-0.4, -0.2) is 46.7 Å². The van der Waals surface area contributed by atoms with Gasteiger partial charge < -0.3 is 14.8 Å². The van der Waals surface area contributed by atoms with E-state index < -0.39 is 0 Å². The van der Waals surface area contributed by atoms with E-state index in [1.807, 2.05) is 24.3 Å². The van der Waals surface area contributed by atoms with Gasteiger partial charge in [-0.05, 0) is 48.8 Å². The van der Waals surface area contributed by atoms with Crippen LogP contribution in [0.3, 0.4) is 0 Å².